The second kappa shape index (κ2) is 10.4. The number of alkyl halides is 1. The first-order chi connectivity index (χ1) is 11.9. The topological polar surface area (TPSA) is 24.5 Å². The van der Waals surface area contributed by atoms with E-state index >= 15 is 0 Å². The highest BCUT2D eigenvalue weighted by atomic mass is 35.5. The molecule has 1 heterocycles. The molecule has 5 heteroatoms. The number of nitrogens with zero attached hydrogens (tertiary/aromatic N) is 1. The lowest BCUT2D eigenvalue weighted by Crippen LogP contribution is -2.45. The van der Waals surface area contributed by atoms with Gasteiger partial charge < -0.3 is 10.1 Å². The molecule has 0 saturated carbocycles. The van der Waals surface area contributed by atoms with Crippen LogP contribution in [0.4, 0.5) is 4.39 Å². The van der Waals surface area contributed by atoms with Crippen LogP contribution in [0.2, 0.25) is 0 Å². The predicted octanol–water partition coefficient (Wildman–Crippen LogP) is 3.99. The van der Waals surface area contributed by atoms with Crippen molar-refractivity contribution in [3.05, 3.63) is 65.7 Å². The molecule has 0 spiro atoms. The van der Waals surface area contributed by atoms with E-state index in [9.17, 15) is 4.39 Å². The Morgan fingerprint density at radius 2 is 1.68 bits per heavy atom. The Hall–Kier alpha value is -1.62. The summed E-state index contributed by atoms with van der Waals surface area (Å²) in [5.41, 5.74) is 2.23. The molecular weight excluding hydrogens is 339 g/mol. The fourth-order valence-electron chi connectivity index (χ4n) is 3.25. The third kappa shape index (κ3) is 5.43. The lowest BCUT2D eigenvalue weighted by atomic mass is 10.0. The molecule has 0 amide bonds. The predicted molar refractivity (Wildman–Crippen MR) is 102 cm³/mol. The van der Waals surface area contributed by atoms with Gasteiger partial charge in [0, 0.05) is 37.8 Å². The molecule has 2 aromatic rings. The van der Waals surface area contributed by atoms with Gasteiger partial charge in [0.25, 0.3) is 0 Å². The summed E-state index contributed by atoms with van der Waals surface area (Å²) in [4.78, 5) is 2.36. The zero-order valence-corrected chi connectivity index (χ0v) is 15.2. The van der Waals surface area contributed by atoms with Crippen LogP contribution in [-0.4, -0.2) is 37.8 Å². The van der Waals surface area contributed by atoms with Gasteiger partial charge in [-0.05, 0) is 18.1 Å². The molecule has 1 saturated heterocycles. The molecule has 25 heavy (non-hydrogen) atoms. The SMILES string of the molecule is Cl.FCC[C@@H](c1ccccc1OCc1ccccc1)N1CCNCC1. The minimum atomic E-state index is -0.318. The average molecular weight is 365 g/mol. The van der Waals surface area contributed by atoms with Gasteiger partial charge in [-0.25, -0.2) is 0 Å². The summed E-state index contributed by atoms with van der Waals surface area (Å²) in [6, 6.07) is 18.3. The highest BCUT2D eigenvalue weighted by Crippen LogP contribution is 2.32. The molecule has 1 N–H and O–H groups in total. The van der Waals surface area contributed by atoms with Crippen molar-refractivity contribution in [2.45, 2.75) is 19.1 Å². The molecule has 1 aliphatic rings. The minimum absolute atomic E-state index is 0. The molecule has 2 aromatic carbocycles. The summed E-state index contributed by atoms with van der Waals surface area (Å²) < 4.78 is 19.3. The lowest BCUT2D eigenvalue weighted by Gasteiger charge is -2.35. The summed E-state index contributed by atoms with van der Waals surface area (Å²) in [5.74, 6) is 0.860. The Morgan fingerprint density at radius 1 is 1.00 bits per heavy atom. The Bertz CT molecular complexity index is 620. The molecule has 1 atom stereocenters. The molecular formula is C20H26ClFN2O. The number of para-hydroxylation sites is 1. The Balaban J connectivity index is 0.00000225. The highest BCUT2D eigenvalue weighted by Gasteiger charge is 2.24. The molecule has 0 bridgehead atoms. The molecule has 1 fully saturated rings. The molecule has 3 nitrogen and oxygen atoms in total. The molecule has 136 valence electrons. The summed E-state index contributed by atoms with van der Waals surface area (Å²) >= 11 is 0. The molecule has 0 aromatic heterocycles. The number of piperazine rings is 1. The fraction of sp³-hybridized carbons (Fsp3) is 0.400. The van der Waals surface area contributed by atoms with Crippen LogP contribution < -0.4 is 10.1 Å². The molecule has 0 radical (unpaired) electrons. The van der Waals surface area contributed by atoms with Crippen molar-refractivity contribution in [2.75, 3.05) is 32.9 Å². The molecule has 1 aliphatic heterocycles. The van der Waals surface area contributed by atoms with E-state index in [0.29, 0.717) is 13.0 Å². The van der Waals surface area contributed by atoms with E-state index in [2.05, 4.69) is 28.4 Å². The van der Waals surface area contributed by atoms with Crippen molar-refractivity contribution in [1.29, 1.82) is 0 Å². The standard InChI is InChI=1S/C20H25FN2O.ClH/c21-11-10-19(23-14-12-22-13-15-23)18-8-4-5-9-20(18)24-16-17-6-2-1-3-7-17;/h1-9,19,22H,10-16H2;1H/t19-;/m0./s1. The van der Waals surface area contributed by atoms with Crippen molar-refractivity contribution in [2.24, 2.45) is 0 Å². The lowest BCUT2D eigenvalue weighted by molar-refractivity contribution is 0.153. The van der Waals surface area contributed by atoms with E-state index in [4.69, 9.17) is 4.74 Å². The van der Waals surface area contributed by atoms with Crippen molar-refractivity contribution in [3.8, 4) is 5.75 Å². The van der Waals surface area contributed by atoms with Gasteiger partial charge in [-0.3, -0.25) is 9.29 Å². The second-order valence-electron chi connectivity index (χ2n) is 6.09. The summed E-state index contributed by atoms with van der Waals surface area (Å²) in [5, 5.41) is 3.36. The zero-order valence-electron chi connectivity index (χ0n) is 14.4. The number of halogens is 2. The van der Waals surface area contributed by atoms with E-state index in [1.54, 1.807) is 0 Å². The van der Waals surface area contributed by atoms with E-state index < -0.39 is 0 Å². The molecule has 3 rings (SSSR count). The van der Waals surface area contributed by atoms with Gasteiger partial charge in [0.15, 0.2) is 0 Å². The molecule has 0 aliphatic carbocycles. The summed E-state index contributed by atoms with van der Waals surface area (Å²) in [6.45, 7) is 4.00. The van der Waals surface area contributed by atoms with Crippen molar-refractivity contribution in [1.82, 2.24) is 10.2 Å². The Labute approximate surface area is 155 Å². The van der Waals surface area contributed by atoms with Crippen LogP contribution in [-0.2, 0) is 6.61 Å². The zero-order chi connectivity index (χ0) is 16.6. The minimum Gasteiger partial charge on any atom is -0.489 e. The normalized spacial score (nSPS) is 16.0. The smallest absolute Gasteiger partial charge is 0.124 e. The quantitative estimate of drug-likeness (QED) is 0.803. The van der Waals surface area contributed by atoms with Crippen LogP contribution in [0.1, 0.15) is 23.6 Å². The highest BCUT2D eigenvalue weighted by molar-refractivity contribution is 5.85. The van der Waals surface area contributed by atoms with Gasteiger partial charge in [0.1, 0.15) is 12.4 Å². The number of rotatable bonds is 7. The van der Waals surface area contributed by atoms with E-state index in [0.717, 1.165) is 43.1 Å². The van der Waals surface area contributed by atoms with Crippen molar-refractivity contribution < 1.29 is 9.13 Å². The van der Waals surface area contributed by atoms with E-state index in [-0.39, 0.29) is 25.1 Å². The third-order valence-electron chi connectivity index (χ3n) is 4.49. The maximum atomic E-state index is 13.2. The van der Waals surface area contributed by atoms with Crippen molar-refractivity contribution in [3.63, 3.8) is 0 Å². The van der Waals surface area contributed by atoms with E-state index in [1.165, 1.54) is 0 Å². The van der Waals surface area contributed by atoms with Crippen LogP contribution in [0, 0.1) is 0 Å². The number of hydrogen-bond acceptors (Lipinski definition) is 3. The largest absolute Gasteiger partial charge is 0.489 e. The fourth-order valence-corrected chi connectivity index (χ4v) is 3.25. The number of benzene rings is 2. The van der Waals surface area contributed by atoms with Gasteiger partial charge in [-0.15, -0.1) is 12.4 Å². The van der Waals surface area contributed by atoms with Crippen LogP contribution in [0.25, 0.3) is 0 Å². The third-order valence-corrected chi connectivity index (χ3v) is 4.49. The maximum absolute atomic E-state index is 13.2. The van der Waals surface area contributed by atoms with Crippen molar-refractivity contribution >= 4 is 12.4 Å². The summed E-state index contributed by atoms with van der Waals surface area (Å²) in [6.07, 6.45) is 0.506. The van der Waals surface area contributed by atoms with Crippen LogP contribution in [0.15, 0.2) is 54.6 Å². The maximum Gasteiger partial charge on any atom is 0.124 e. The second-order valence-corrected chi connectivity index (χ2v) is 6.09. The Kier molecular flexibility index (Phi) is 8.19. The first-order valence-corrected chi connectivity index (χ1v) is 8.65. The Morgan fingerprint density at radius 3 is 2.40 bits per heavy atom. The van der Waals surface area contributed by atoms with Gasteiger partial charge in [-0.2, -0.15) is 0 Å². The van der Waals surface area contributed by atoms with Gasteiger partial charge in [0.2, 0.25) is 0 Å². The number of hydrogen-bond donors (Lipinski definition) is 1. The summed E-state index contributed by atoms with van der Waals surface area (Å²) in [7, 11) is 0. The van der Waals surface area contributed by atoms with Crippen LogP contribution >= 0.6 is 12.4 Å². The van der Waals surface area contributed by atoms with Gasteiger partial charge in [0.05, 0.1) is 6.67 Å². The van der Waals surface area contributed by atoms with Crippen LogP contribution in [0.5, 0.6) is 5.75 Å². The van der Waals surface area contributed by atoms with Crippen LogP contribution in [0.3, 0.4) is 0 Å². The first-order valence-electron chi connectivity index (χ1n) is 8.65. The van der Waals surface area contributed by atoms with Gasteiger partial charge in [-0.1, -0.05) is 48.5 Å². The van der Waals surface area contributed by atoms with Gasteiger partial charge >= 0.3 is 0 Å². The number of nitrogens with one attached hydrogen (secondary N) is 1. The first kappa shape index (κ1) is 19.7. The number of ether oxygens (including phenoxy) is 1. The van der Waals surface area contributed by atoms with E-state index in [1.807, 2.05) is 36.4 Å². The molecule has 0 unspecified atom stereocenters. The average Bonchev–Trinajstić information content (AvgIpc) is 2.66. The monoisotopic (exact) mass is 364 g/mol.